The number of carbonyl (C=O) groups excluding carboxylic acids is 1. The van der Waals surface area contributed by atoms with Gasteiger partial charge in [-0.15, -0.1) is 11.3 Å². The highest BCUT2D eigenvalue weighted by molar-refractivity contribution is 7.22. The summed E-state index contributed by atoms with van der Waals surface area (Å²) in [6.07, 6.45) is 2.19. The van der Waals surface area contributed by atoms with Crippen molar-refractivity contribution in [3.8, 4) is 27.4 Å². The van der Waals surface area contributed by atoms with E-state index in [4.69, 9.17) is 9.72 Å². The van der Waals surface area contributed by atoms with Crippen LogP contribution in [0.3, 0.4) is 0 Å². The standard InChI is InChI=1S/C34H29FN4O2S/c1-41-28-12-9-23(10-13-28)33-29(22-37-15-17-38(18-16-37)34(40)25-6-4-7-27(35)19-25)39-21-26(11-14-32(39)36-33)31-20-24-5-2-3-8-30(24)42-31/h2-14,19-21H,15-18,22H2,1H3. The fourth-order valence-electron chi connectivity index (χ4n) is 5.62. The molecular formula is C34H29FN4O2S. The molecule has 4 heterocycles. The molecule has 3 aromatic carbocycles. The molecule has 6 aromatic rings. The Bertz CT molecular complexity index is 1870. The van der Waals surface area contributed by atoms with E-state index in [0.717, 1.165) is 33.9 Å². The molecule has 1 fully saturated rings. The van der Waals surface area contributed by atoms with E-state index < -0.39 is 5.82 Å². The van der Waals surface area contributed by atoms with Gasteiger partial charge < -0.3 is 14.0 Å². The second kappa shape index (κ2) is 11.0. The first kappa shape index (κ1) is 26.4. The van der Waals surface area contributed by atoms with Crippen molar-refractivity contribution in [3.05, 3.63) is 114 Å². The van der Waals surface area contributed by atoms with Gasteiger partial charge in [0.05, 0.1) is 18.5 Å². The van der Waals surface area contributed by atoms with E-state index in [-0.39, 0.29) is 5.91 Å². The lowest BCUT2D eigenvalue weighted by Crippen LogP contribution is -2.48. The Morgan fingerprint density at radius 1 is 0.905 bits per heavy atom. The van der Waals surface area contributed by atoms with Crippen LogP contribution in [-0.2, 0) is 6.54 Å². The molecule has 0 aliphatic carbocycles. The van der Waals surface area contributed by atoms with Crippen LogP contribution in [0.15, 0.2) is 97.2 Å². The molecule has 210 valence electrons. The fourth-order valence-corrected chi connectivity index (χ4v) is 6.67. The summed E-state index contributed by atoms with van der Waals surface area (Å²) in [5.41, 5.74) is 5.49. The summed E-state index contributed by atoms with van der Waals surface area (Å²) in [6.45, 7) is 3.27. The molecule has 0 unspecified atom stereocenters. The molecule has 1 amide bonds. The number of thiophene rings is 1. The fraction of sp³-hybridized carbons (Fsp3) is 0.176. The summed E-state index contributed by atoms with van der Waals surface area (Å²) in [4.78, 5) is 23.5. The van der Waals surface area contributed by atoms with Gasteiger partial charge in [-0.2, -0.15) is 0 Å². The number of pyridine rings is 1. The Hall–Kier alpha value is -4.53. The monoisotopic (exact) mass is 576 g/mol. The van der Waals surface area contributed by atoms with E-state index in [2.05, 4.69) is 58.0 Å². The predicted molar refractivity (Wildman–Crippen MR) is 166 cm³/mol. The van der Waals surface area contributed by atoms with E-state index >= 15 is 0 Å². The number of piperazine rings is 1. The highest BCUT2D eigenvalue weighted by Crippen LogP contribution is 2.35. The normalized spacial score (nSPS) is 14.1. The number of fused-ring (bicyclic) bond motifs is 2. The number of benzene rings is 3. The Labute approximate surface area is 247 Å². The minimum atomic E-state index is -0.395. The van der Waals surface area contributed by atoms with Crippen LogP contribution < -0.4 is 4.74 Å². The van der Waals surface area contributed by atoms with Gasteiger partial charge in [-0.1, -0.05) is 24.3 Å². The van der Waals surface area contributed by atoms with Crippen molar-refractivity contribution in [2.24, 2.45) is 0 Å². The van der Waals surface area contributed by atoms with Crippen molar-refractivity contribution in [2.45, 2.75) is 6.54 Å². The molecule has 3 aromatic heterocycles. The van der Waals surface area contributed by atoms with Gasteiger partial charge in [-0.05, 0) is 72.1 Å². The molecular weight excluding hydrogens is 547 g/mol. The maximum Gasteiger partial charge on any atom is 0.254 e. The number of hydrogen-bond acceptors (Lipinski definition) is 5. The van der Waals surface area contributed by atoms with Gasteiger partial charge in [-0.3, -0.25) is 9.69 Å². The van der Waals surface area contributed by atoms with Crippen LogP contribution in [0.5, 0.6) is 5.75 Å². The van der Waals surface area contributed by atoms with Crippen LogP contribution in [0.1, 0.15) is 16.1 Å². The van der Waals surface area contributed by atoms with Crippen molar-refractivity contribution >= 4 is 33.0 Å². The van der Waals surface area contributed by atoms with E-state index in [0.29, 0.717) is 38.3 Å². The van der Waals surface area contributed by atoms with Gasteiger partial charge in [0.15, 0.2) is 0 Å². The van der Waals surface area contributed by atoms with Crippen molar-refractivity contribution in [1.82, 2.24) is 19.2 Å². The average Bonchev–Trinajstić information content (AvgIpc) is 3.63. The van der Waals surface area contributed by atoms with Crippen LogP contribution in [0.2, 0.25) is 0 Å². The third-order valence-corrected chi connectivity index (χ3v) is 9.06. The summed E-state index contributed by atoms with van der Waals surface area (Å²) < 4.78 is 22.6. The van der Waals surface area contributed by atoms with Gasteiger partial charge in [0, 0.05) is 65.2 Å². The molecule has 1 aliphatic rings. The first-order valence-corrected chi connectivity index (χ1v) is 14.8. The average molecular weight is 577 g/mol. The third kappa shape index (κ3) is 5.04. The Kier molecular flexibility index (Phi) is 6.93. The number of methoxy groups -OCH3 is 1. The zero-order valence-corrected chi connectivity index (χ0v) is 24.0. The molecule has 6 nitrogen and oxygen atoms in total. The number of ether oxygens (including phenoxy) is 1. The SMILES string of the molecule is COc1ccc(-c2nc3ccc(-c4cc5ccccc5s4)cn3c2CN2CCN(C(=O)c3cccc(F)c3)CC2)cc1. The number of hydrogen-bond donors (Lipinski definition) is 0. The summed E-state index contributed by atoms with van der Waals surface area (Å²) in [5, 5.41) is 1.24. The maximum atomic E-state index is 13.7. The van der Waals surface area contributed by atoms with Gasteiger partial charge in [0.1, 0.15) is 17.2 Å². The third-order valence-electron chi connectivity index (χ3n) is 7.90. The zero-order chi connectivity index (χ0) is 28.6. The Morgan fingerprint density at radius 2 is 1.69 bits per heavy atom. The smallest absolute Gasteiger partial charge is 0.254 e. The molecule has 0 saturated carbocycles. The summed E-state index contributed by atoms with van der Waals surface area (Å²) in [5.74, 6) is 0.277. The second-order valence-corrected chi connectivity index (χ2v) is 11.6. The number of imidazole rings is 1. The number of nitrogens with zero attached hydrogens (tertiary/aromatic N) is 4. The van der Waals surface area contributed by atoms with Crippen molar-refractivity contribution in [2.75, 3.05) is 33.3 Å². The minimum Gasteiger partial charge on any atom is -0.497 e. The molecule has 1 saturated heterocycles. The molecule has 0 radical (unpaired) electrons. The number of amides is 1. The van der Waals surface area contributed by atoms with E-state index in [9.17, 15) is 9.18 Å². The molecule has 0 N–H and O–H groups in total. The molecule has 7 rings (SSSR count). The number of rotatable bonds is 6. The highest BCUT2D eigenvalue weighted by Gasteiger charge is 2.25. The first-order chi connectivity index (χ1) is 20.6. The number of aromatic nitrogens is 2. The van der Waals surface area contributed by atoms with Crippen LogP contribution in [0.4, 0.5) is 4.39 Å². The lowest BCUT2D eigenvalue weighted by molar-refractivity contribution is 0.0626. The molecule has 0 atom stereocenters. The Balaban J connectivity index is 1.21. The zero-order valence-electron chi connectivity index (χ0n) is 23.2. The van der Waals surface area contributed by atoms with Crippen LogP contribution in [-0.4, -0.2) is 58.4 Å². The second-order valence-electron chi connectivity index (χ2n) is 10.5. The molecule has 0 spiro atoms. The van der Waals surface area contributed by atoms with Crippen LogP contribution >= 0.6 is 11.3 Å². The summed E-state index contributed by atoms with van der Waals surface area (Å²) >= 11 is 1.79. The molecule has 0 bridgehead atoms. The van der Waals surface area contributed by atoms with Gasteiger partial charge in [0.25, 0.3) is 5.91 Å². The van der Waals surface area contributed by atoms with Gasteiger partial charge >= 0.3 is 0 Å². The topological polar surface area (TPSA) is 50.1 Å². The van der Waals surface area contributed by atoms with Crippen molar-refractivity contribution in [3.63, 3.8) is 0 Å². The summed E-state index contributed by atoms with van der Waals surface area (Å²) in [7, 11) is 1.67. The van der Waals surface area contributed by atoms with Gasteiger partial charge in [-0.25, -0.2) is 9.37 Å². The van der Waals surface area contributed by atoms with Gasteiger partial charge in [0.2, 0.25) is 0 Å². The summed E-state index contributed by atoms with van der Waals surface area (Å²) in [6, 6.07) is 28.9. The van der Waals surface area contributed by atoms with Crippen molar-refractivity contribution in [1.29, 1.82) is 0 Å². The minimum absolute atomic E-state index is 0.129. The Morgan fingerprint density at radius 3 is 2.45 bits per heavy atom. The van der Waals surface area contributed by atoms with Crippen LogP contribution in [0, 0.1) is 5.82 Å². The molecule has 1 aliphatic heterocycles. The first-order valence-electron chi connectivity index (χ1n) is 14.0. The van der Waals surface area contributed by atoms with E-state index in [1.165, 1.54) is 27.1 Å². The predicted octanol–water partition coefficient (Wildman–Crippen LogP) is 6.99. The van der Waals surface area contributed by atoms with Crippen LogP contribution in [0.25, 0.3) is 37.4 Å². The lowest BCUT2D eigenvalue weighted by atomic mass is 10.1. The maximum absolute atomic E-state index is 13.7. The highest BCUT2D eigenvalue weighted by atomic mass is 32.1. The van der Waals surface area contributed by atoms with Crippen molar-refractivity contribution < 1.29 is 13.9 Å². The van der Waals surface area contributed by atoms with E-state index in [1.54, 1.807) is 30.6 Å². The number of carbonyl (C=O) groups is 1. The lowest BCUT2D eigenvalue weighted by Gasteiger charge is -2.34. The molecule has 8 heteroatoms. The molecule has 42 heavy (non-hydrogen) atoms. The van der Waals surface area contributed by atoms with E-state index in [1.807, 2.05) is 29.2 Å². The quantitative estimate of drug-likeness (QED) is 0.215. The number of halogens is 1. The largest absolute Gasteiger partial charge is 0.497 e.